The molecule has 2 unspecified atom stereocenters. The summed E-state index contributed by atoms with van der Waals surface area (Å²) in [4.78, 5) is 16.8. The highest BCUT2D eigenvalue weighted by Gasteiger charge is 2.44. The van der Waals surface area contributed by atoms with Crippen LogP contribution in [0.5, 0.6) is 0 Å². The van der Waals surface area contributed by atoms with E-state index in [4.69, 9.17) is 11.6 Å². The summed E-state index contributed by atoms with van der Waals surface area (Å²) in [7, 11) is 0. The van der Waals surface area contributed by atoms with Gasteiger partial charge < -0.3 is 5.32 Å². The topological polar surface area (TPSA) is 42.0 Å². The van der Waals surface area contributed by atoms with E-state index < -0.39 is 0 Å². The maximum atomic E-state index is 12.3. The molecule has 0 radical (unpaired) electrons. The number of fused-ring (bicyclic) bond motifs is 1. The molecule has 4 rings (SSSR count). The van der Waals surface area contributed by atoms with Crippen LogP contribution >= 0.6 is 22.9 Å². The molecule has 3 aromatic rings. The molecule has 1 heterocycles. The van der Waals surface area contributed by atoms with Crippen molar-refractivity contribution < 1.29 is 4.79 Å². The van der Waals surface area contributed by atoms with Crippen LogP contribution in [0.2, 0.25) is 5.02 Å². The van der Waals surface area contributed by atoms with Crippen LogP contribution in [0.15, 0.2) is 48.5 Å². The van der Waals surface area contributed by atoms with E-state index in [1.54, 1.807) is 0 Å². The van der Waals surface area contributed by atoms with Gasteiger partial charge in [-0.3, -0.25) is 4.79 Å². The molecule has 0 saturated heterocycles. The maximum Gasteiger partial charge on any atom is 0.229 e. The summed E-state index contributed by atoms with van der Waals surface area (Å²) in [6.07, 6.45) is 0.909. The number of aromatic nitrogens is 1. The van der Waals surface area contributed by atoms with Gasteiger partial charge in [0.2, 0.25) is 5.91 Å². The minimum atomic E-state index is 0.0537. The Kier molecular flexibility index (Phi) is 3.36. The van der Waals surface area contributed by atoms with Crippen LogP contribution in [0, 0.1) is 5.92 Å². The molecule has 1 saturated carbocycles. The molecule has 0 aliphatic heterocycles. The highest BCUT2D eigenvalue weighted by atomic mass is 35.5. The summed E-state index contributed by atoms with van der Waals surface area (Å²) in [5, 5.41) is 4.26. The third-order valence-corrected chi connectivity index (χ3v) is 5.10. The lowest BCUT2D eigenvalue weighted by Gasteiger charge is -2.01. The minimum absolute atomic E-state index is 0.0537. The zero-order valence-electron chi connectivity index (χ0n) is 11.6. The van der Waals surface area contributed by atoms with Crippen molar-refractivity contribution in [2.24, 2.45) is 5.92 Å². The van der Waals surface area contributed by atoms with Gasteiger partial charge in [-0.25, -0.2) is 4.98 Å². The lowest BCUT2D eigenvalue weighted by molar-refractivity contribution is -0.117. The smallest absolute Gasteiger partial charge is 0.229 e. The number of rotatable bonds is 3. The van der Waals surface area contributed by atoms with Crippen molar-refractivity contribution in [2.45, 2.75) is 12.3 Å². The number of hydrogen-bond acceptors (Lipinski definition) is 3. The van der Waals surface area contributed by atoms with E-state index in [1.165, 1.54) is 16.9 Å². The third-order valence-electron chi connectivity index (χ3n) is 3.94. The van der Waals surface area contributed by atoms with Gasteiger partial charge in [0.1, 0.15) is 0 Å². The summed E-state index contributed by atoms with van der Waals surface area (Å²) >= 11 is 7.43. The number of anilines is 1. The van der Waals surface area contributed by atoms with Gasteiger partial charge in [0, 0.05) is 10.9 Å². The predicted molar refractivity (Wildman–Crippen MR) is 90.5 cm³/mol. The Morgan fingerprint density at radius 2 is 2.05 bits per heavy atom. The molecule has 22 heavy (non-hydrogen) atoms. The highest BCUT2D eigenvalue weighted by Crippen LogP contribution is 2.48. The first kappa shape index (κ1) is 13.7. The quantitative estimate of drug-likeness (QED) is 0.757. The average molecular weight is 329 g/mol. The Morgan fingerprint density at radius 3 is 2.86 bits per heavy atom. The number of carbonyl (C=O) groups excluding carboxylic acids is 1. The van der Waals surface area contributed by atoms with Crippen LogP contribution < -0.4 is 5.32 Å². The number of carbonyl (C=O) groups is 1. The van der Waals surface area contributed by atoms with Gasteiger partial charge in [-0.1, -0.05) is 53.3 Å². The van der Waals surface area contributed by atoms with E-state index >= 15 is 0 Å². The second-order valence-corrected chi connectivity index (χ2v) is 6.95. The van der Waals surface area contributed by atoms with Gasteiger partial charge in [-0.2, -0.15) is 0 Å². The van der Waals surface area contributed by atoms with Crippen molar-refractivity contribution in [2.75, 3.05) is 5.32 Å². The van der Waals surface area contributed by atoms with E-state index in [9.17, 15) is 4.79 Å². The molecule has 5 heteroatoms. The highest BCUT2D eigenvalue weighted by molar-refractivity contribution is 7.22. The minimum Gasteiger partial charge on any atom is -0.302 e. The molecule has 1 aliphatic carbocycles. The number of nitrogens with one attached hydrogen (secondary N) is 1. The van der Waals surface area contributed by atoms with Crippen molar-refractivity contribution in [3.05, 3.63) is 59.1 Å². The summed E-state index contributed by atoms with van der Waals surface area (Å²) in [5.74, 6) is 0.446. The zero-order valence-corrected chi connectivity index (χ0v) is 13.2. The number of hydrogen-bond donors (Lipinski definition) is 1. The molecule has 1 aliphatic rings. The van der Waals surface area contributed by atoms with E-state index in [0.29, 0.717) is 16.1 Å². The van der Waals surface area contributed by atoms with Crippen LogP contribution in [-0.2, 0) is 4.79 Å². The molecule has 2 aromatic carbocycles. The lowest BCUT2D eigenvalue weighted by atomic mass is 10.1. The van der Waals surface area contributed by atoms with Crippen LogP contribution in [-0.4, -0.2) is 10.9 Å². The number of benzene rings is 2. The summed E-state index contributed by atoms with van der Waals surface area (Å²) in [5.41, 5.74) is 2.10. The van der Waals surface area contributed by atoms with Crippen LogP contribution in [0.4, 0.5) is 5.13 Å². The molecule has 110 valence electrons. The Hall–Kier alpha value is -1.91. The van der Waals surface area contributed by atoms with E-state index in [2.05, 4.69) is 22.4 Å². The van der Waals surface area contributed by atoms with Gasteiger partial charge in [0.05, 0.1) is 10.2 Å². The standard InChI is InChI=1S/C17H13ClN2OS/c18-11-6-7-14-15(8-11)22-17(19-14)20-16(21)13-9-12(13)10-4-2-1-3-5-10/h1-8,12-13H,9H2,(H,19,20,21). The average Bonchev–Trinajstić information content (AvgIpc) is 3.23. The molecule has 1 fully saturated rings. The van der Waals surface area contributed by atoms with Crippen molar-refractivity contribution in [3.63, 3.8) is 0 Å². The normalized spacial score (nSPS) is 20.0. The first-order valence-electron chi connectivity index (χ1n) is 7.12. The Bertz CT molecular complexity index is 846. The molecule has 3 nitrogen and oxygen atoms in total. The second kappa shape index (κ2) is 5.38. The largest absolute Gasteiger partial charge is 0.302 e. The van der Waals surface area contributed by atoms with Gasteiger partial charge in [-0.05, 0) is 36.1 Å². The predicted octanol–water partition coefficient (Wildman–Crippen LogP) is 4.69. The molecule has 2 atom stereocenters. The van der Waals surface area contributed by atoms with E-state index in [0.717, 1.165) is 16.6 Å². The van der Waals surface area contributed by atoms with Crippen molar-refractivity contribution in [1.82, 2.24) is 4.98 Å². The van der Waals surface area contributed by atoms with Gasteiger partial charge >= 0.3 is 0 Å². The van der Waals surface area contributed by atoms with E-state index in [-0.39, 0.29) is 11.8 Å². The first-order valence-corrected chi connectivity index (χ1v) is 8.32. The fourth-order valence-corrected chi connectivity index (χ4v) is 3.85. The fraction of sp³-hybridized carbons (Fsp3) is 0.176. The lowest BCUT2D eigenvalue weighted by Crippen LogP contribution is -2.14. The summed E-state index contributed by atoms with van der Waals surface area (Å²) < 4.78 is 0.984. The molecule has 1 N–H and O–H groups in total. The molecule has 1 amide bonds. The van der Waals surface area contributed by atoms with Crippen LogP contribution in [0.3, 0.4) is 0 Å². The second-order valence-electron chi connectivity index (χ2n) is 5.48. The van der Waals surface area contributed by atoms with Gasteiger partial charge in [0.25, 0.3) is 0 Å². The number of amides is 1. The number of thiazole rings is 1. The number of nitrogens with zero attached hydrogens (tertiary/aromatic N) is 1. The third kappa shape index (κ3) is 2.60. The number of halogens is 1. The Balaban J connectivity index is 1.48. The summed E-state index contributed by atoms with van der Waals surface area (Å²) in [6.45, 7) is 0. The molecular formula is C17H13ClN2OS. The monoisotopic (exact) mass is 328 g/mol. The molecular weight excluding hydrogens is 316 g/mol. The summed E-state index contributed by atoms with van der Waals surface area (Å²) in [6, 6.07) is 15.7. The van der Waals surface area contributed by atoms with Crippen molar-refractivity contribution in [1.29, 1.82) is 0 Å². The van der Waals surface area contributed by atoms with E-state index in [1.807, 2.05) is 36.4 Å². The fourth-order valence-electron chi connectivity index (χ4n) is 2.70. The van der Waals surface area contributed by atoms with Crippen molar-refractivity contribution in [3.8, 4) is 0 Å². The zero-order chi connectivity index (χ0) is 15.1. The van der Waals surface area contributed by atoms with Crippen LogP contribution in [0.1, 0.15) is 17.9 Å². The Labute approximate surface area is 136 Å². The van der Waals surface area contributed by atoms with Crippen molar-refractivity contribution >= 4 is 44.2 Å². The van der Waals surface area contributed by atoms with Crippen LogP contribution in [0.25, 0.3) is 10.2 Å². The maximum absolute atomic E-state index is 12.3. The van der Waals surface area contributed by atoms with Gasteiger partial charge in [0.15, 0.2) is 5.13 Å². The first-order chi connectivity index (χ1) is 10.7. The SMILES string of the molecule is O=C(Nc1nc2ccc(Cl)cc2s1)C1CC1c1ccccc1. The van der Waals surface area contributed by atoms with Gasteiger partial charge in [-0.15, -0.1) is 0 Å². The molecule has 1 aromatic heterocycles. The molecule has 0 bridgehead atoms. The molecule has 0 spiro atoms. The Morgan fingerprint density at radius 1 is 1.23 bits per heavy atom.